The maximum absolute atomic E-state index is 11.6. The summed E-state index contributed by atoms with van der Waals surface area (Å²) in [6.45, 7) is 8.89. The Morgan fingerprint density at radius 1 is 1.41 bits per heavy atom. The Kier molecular flexibility index (Phi) is 5.01. The van der Waals surface area contributed by atoms with Crippen LogP contribution < -0.4 is 4.90 Å². The van der Waals surface area contributed by atoms with E-state index in [0.29, 0.717) is 6.54 Å². The van der Waals surface area contributed by atoms with Gasteiger partial charge in [-0.3, -0.25) is 4.79 Å². The van der Waals surface area contributed by atoms with Crippen LogP contribution in [-0.4, -0.2) is 25.2 Å². The monoisotopic (exact) mass is 235 g/mol. The van der Waals surface area contributed by atoms with Crippen molar-refractivity contribution < 1.29 is 9.53 Å². The van der Waals surface area contributed by atoms with Crippen LogP contribution in [0.2, 0.25) is 0 Å². The van der Waals surface area contributed by atoms with Gasteiger partial charge in [0, 0.05) is 12.2 Å². The minimum Gasteiger partial charge on any atom is -0.462 e. The van der Waals surface area contributed by atoms with Crippen LogP contribution in [-0.2, 0) is 9.53 Å². The molecule has 0 atom stereocenters. The molecule has 0 amide bonds. The number of nitrogens with zero attached hydrogens (tertiary/aromatic N) is 1. The molecule has 0 heterocycles. The lowest BCUT2D eigenvalue weighted by molar-refractivity contribution is -0.145. The van der Waals surface area contributed by atoms with Crippen molar-refractivity contribution in [1.29, 1.82) is 0 Å². The average molecular weight is 235 g/mol. The molecule has 0 aliphatic carbocycles. The van der Waals surface area contributed by atoms with E-state index in [0.717, 1.165) is 12.2 Å². The lowest BCUT2D eigenvalue weighted by atomic mass is 10.2. The summed E-state index contributed by atoms with van der Waals surface area (Å²) >= 11 is 0. The Labute approximate surface area is 103 Å². The number of ether oxygens (including phenoxy) is 1. The van der Waals surface area contributed by atoms with Crippen LogP contribution in [0.1, 0.15) is 26.3 Å². The van der Waals surface area contributed by atoms with E-state index in [2.05, 4.69) is 6.07 Å². The summed E-state index contributed by atoms with van der Waals surface area (Å²) in [6, 6.07) is 8.14. The van der Waals surface area contributed by atoms with E-state index < -0.39 is 0 Å². The van der Waals surface area contributed by atoms with Crippen LogP contribution in [0, 0.1) is 6.92 Å². The van der Waals surface area contributed by atoms with Gasteiger partial charge < -0.3 is 9.64 Å². The van der Waals surface area contributed by atoms with Crippen molar-refractivity contribution in [3.05, 3.63) is 29.8 Å². The first-order valence-corrected chi connectivity index (χ1v) is 6.04. The Hall–Kier alpha value is -1.51. The summed E-state index contributed by atoms with van der Waals surface area (Å²) in [7, 11) is 0. The molecule has 1 aromatic rings. The molecule has 0 bridgehead atoms. The molecule has 0 N–H and O–H groups in total. The highest BCUT2D eigenvalue weighted by atomic mass is 16.5. The molecule has 3 nitrogen and oxygen atoms in total. The zero-order valence-corrected chi connectivity index (χ0v) is 11.1. The number of esters is 1. The maximum atomic E-state index is 11.6. The number of hydrogen-bond acceptors (Lipinski definition) is 3. The van der Waals surface area contributed by atoms with Gasteiger partial charge in [-0.15, -0.1) is 0 Å². The summed E-state index contributed by atoms with van der Waals surface area (Å²) in [5, 5.41) is 0. The summed E-state index contributed by atoms with van der Waals surface area (Å²) in [5.74, 6) is -0.177. The Bertz CT molecular complexity index is 374. The summed E-state index contributed by atoms with van der Waals surface area (Å²) in [4.78, 5) is 13.6. The fourth-order valence-corrected chi connectivity index (χ4v) is 1.67. The van der Waals surface area contributed by atoms with Crippen LogP contribution in [0.4, 0.5) is 5.69 Å². The van der Waals surface area contributed by atoms with E-state index in [1.165, 1.54) is 5.56 Å². The third-order valence-corrected chi connectivity index (χ3v) is 2.44. The Morgan fingerprint density at radius 2 is 2.12 bits per heavy atom. The number of benzene rings is 1. The molecule has 17 heavy (non-hydrogen) atoms. The first-order chi connectivity index (χ1) is 8.02. The van der Waals surface area contributed by atoms with Gasteiger partial charge in [-0.25, -0.2) is 0 Å². The molecular formula is C14H21NO2. The average Bonchev–Trinajstić information content (AvgIpc) is 2.24. The fourth-order valence-electron chi connectivity index (χ4n) is 1.67. The predicted molar refractivity (Wildman–Crippen MR) is 70.3 cm³/mol. The number of rotatable bonds is 5. The molecule has 1 aromatic carbocycles. The predicted octanol–water partition coefficient (Wildman–Crippen LogP) is 2.77. The van der Waals surface area contributed by atoms with E-state index in [1.807, 2.05) is 50.8 Å². The molecular weight excluding hydrogens is 214 g/mol. The van der Waals surface area contributed by atoms with E-state index in [1.54, 1.807) is 0 Å². The van der Waals surface area contributed by atoms with E-state index in [4.69, 9.17) is 4.74 Å². The largest absolute Gasteiger partial charge is 0.462 e. The zero-order chi connectivity index (χ0) is 12.8. The second kappa shape index (κ2) is 6.28. The first-order valence-electron chi connectivity index (χ1n) is 6.04. The van der Waals surface area contributed by atoms with Gasteiger partial charge in [0.15, 0.2) is 0 Å². The number of likely N-dealkylation sites (N-methyl/N-ethyl adjacent to an activating group) is 1. The van der Waals surface area contributed by atoms with Crippen molar-refractivity contribution in [2.75, 3.05) is 18.0 Å². The zero-order valence-electron chi connectivity index (χ0n) is 11.1. The van der Waals surface area contributed by atoms with Gasteiger partial charge in [-0.05, 0) is 45.4 Å². The quantitative estimate of drug-likeness (QED) is 0.735. The van der Waals surface area contributed by atoms with Crippen LogP contribution in [0.3, 0.4) is 0 Å². The molecule has 0 spiro atoms. The lowest BCUT2D eigenvalue weighted by Crippen LogP contribution is -2.31. The highest BCUT2D eigenvalue weighted by molar-refractivity contribution is 5.76. The molecule has 3 heteroatoms. The van der Waals surface area contributed by atoms with Crippen molar-refractivity contribution in [2.24, 2.45) is 0 Å². The lowest BCUT2D eigenvalue weighted by Gasteiger charge is -2.23. The third kappa shape index (κ3) is 4.47. The minimum absolute atomic E-state index is 0.0567. The molecule has 1 rings (SSSR count). The normalized spacial score (nSPS) is 10.4. The number of aryl methyl sites for hydroxylation is 1. The van der Waals surface area contributed by atoms with Crippen molar-refractivity contribution in [3.8, 4) is 0 Å². The maximum Gasteiger partial charge on any atom is 0.325 e. The second-order valence-electron chi connectivity index (χ2n) is 4.39. The van der Waals surface area contributed by atoms with Gasteiger partial charge in [0.25, 0.3) is 0 Å². The summed E-state index contributed by atoms with van der Waals surface area (Å²) in [6.07, 6.45) is -0.0567. The van der Waals surface area contributed by atoms with Crippen molar-refractivity contribution >= 4 is 11.7 Å². The molecule has 0 fully saturated rings. The van der Waals surface area contributed by atoms with E-state index in [9.17, 15) is 4.79 Å². The number of hydrogen-bond donors (Lipinski definition) is 0. The van der Waals surface area contributed by atoms with Crippen LogP contribution in [0.25, 0.3) is 0 Å². The van der Waals surface area contributed by atoms with Crippen molar-refractivity contribution in [3.63, 3.8) is 0 Å². The number of carbonyl (C=O) groups is 1. The first kappa shape index (κ1) is 13.6. The van der Waals surface area contributed by atoms with Gasteiger partial charge in [0.05, 0.1) is 6.10 Å². The van der Waals surface area contributed by atoms with Crippen molar-refractivity contribution in [2.45, 2.75) is 33.8 Å². The van der Waals surface area contributed by atoms with Gasteiger partial charge in [-0.1, -0.05) is 12.1 Å². The Balaban J connectivity index is 2.69. The van der Waals surface area contributed by atoms with E-state index >= 15 is 0 Å². The van der Waals surface area contributed by atoms with Gasteiger partial charge in [-0.2, -0.15) is 0 Å². The summed E-state index contributed by atoms with van der Waals surface area (Å²) in [5.41, 5.74) is 2.26. The molecule has 0 aliphatic heterocycles. The molecule has 94 valence electrons. The molecule has 0 aliphatic rings. The minimum atomic E-state index is -0.177. The topological polar surface area (TPSA) is 29.5 Å². The van der Waals surface area contributed by atoms with Gasteiger partial charge in [0.1, 0.15) is 6.54 Å². The van der Waals surface area contributed by atoms with Gasteiger partial charge in [0.2, 0.25) is 0 Å². The standard InChI is InChI=1S/C14H21NO2/c1-5-15(10-14(16)17-11(2)3)13-8-6-7-12(4)9-13/h6-9,11H,5,10H2,1-4H3. The van der Waals surface area contributed by atoms with Crippen LogP contribution in [0.15, 0.2) is 24.3 Å². The molecule has 0 aromatic heterocycles. The third-order valence-electron chi connectivity index (χ3n) is 2.44. The van der Waals surface area contributed by atoms with E-state index in [-0.39, 0.29) is 12.1 Å². The second-order valence-corrected chi connectivity index (χ2v) is 4.39. The molecule has 0 unspecified atom stereocenters. The van der Waals surface area contributed by atoms with Crippen LogP contribution >= 0.6 is 0 Å². The van der Waals surface area contributed by atoms with Crippen molar-refractivity contribution in [1.82, 2.24) is 0 Å². The van der Waals surface area contributed by atoms with Gasteiger partial charge >= 0.3 is 5.97 Å². The fraction of sp³-hybridized carbons (Fsp3) is 0.500. The Morgan fingerprint density at radius 3 is 2.65 bits per heavy atom. The SMILES string of the molecule is CCN(CC(=O)OC(C)C)c1cccc(C)c1. The highest BCUT2D eigenvalue weighted by Crippen LogP contribution is 2.15. The molecule has 0 saturated heterocycles. The molecule has 0 saturated carbocycles. The highest BCUT2D eigenvalue weighted by Gasteiger charge is 2.12. The number of anilines is 1. The smallest absolute Gasteiger partial charge is 0.325 e. The molecule has 0 radical (unpaired) electrons. The summed E-state index contributed by atoms with van der Waals surface area (Å²) < 4.78 is 5.15. The number of carbonyl (C=O) groups excluding carboxylic acids is 1. The van der Waals surface area contributed by atoms with Crippen LogP contribution in [0.5, 0.6) is 0 Å².